The summed E-state index contributed by atoms with van der Waals surface area (Å²) >= 11 is 1.95. The van der Waals surface area contributed by atoms with E-state index in [1.54, 1.807) is 4.88 Å². The van der Waals surface area contributed by atoms with Gasteiger partial charge in [0.1, 0.15) is 0 Å². The number of hydrogen-bond acceptors (Lipinski definition) is 2. The lowest BCUT2D eigenvalue weighted by molar-refractivity contribution is 0.324. The molecule has 1 heterocycles. The van der Waals surface area contributed by atoms with Crippen LogP contribution in [0.15, 0.2) is 17.5 Å². The summed E-state index contributed by atoms with van der Waals surface area (Å²) in [5.41, 5.74) is 0.242. The summed E-state index contributed by atoms with van der Waals surface area (Å²) in [4.78, 5) is 1.61. The summed E-state index contributed by atoms with van der Waals surface area (Å²) in [6.07, 6.45) is 7.03. The Bertz CT molecular complexity index is 336. The Hall–Kier alpha value is -0.340. The molecule has 1 aromatic heterocycles. The second-order valence-electron chi connectivity index (χ2n) is 6.65. The van der Waals surface area contributed by atoms with Gasteiger partial charge in [0.05, 0.1) is 0 Å². The minimum Gasteiger partial charge on any atom is -0.312 e. The Balaban J connectivity index is 2.03. The molecular formula is C16H27NS. The predicted octanol–water partition coefficient (Wildman–Crippen LogP) is 4.80. The monoisotopic (exact) mass is 265 g/mol. The molecule has 0 aromatic carbocycles. The van der Waals surface area contributed by atoms with Crippen LogP contribution in [0.1, 0.15) is 63.7 Å². The molecule has 0 amide bonds. The fourth-order valence-corrected chi connectivity index (χ4v) is 3.90. The van der Waals surface area contributed by atoms with E-state index >= 15 is 0 Å². The van der Waals surface area contributed by atoms with Crippen LogP contribution >= 0.6 is 11.3 Å². The average molecular weight is 265 g/mol. The van der Waals surface area contributed by atoms with Crippen LogP contribution in [0.25, 0.3) is 0 Å². The van der Waals surface area contributed by atoms with E-state index in [0.717, 1.165) is 11.8 Å². The Morgan fingerprint density at radius 1 is 1.22 bits per heavy atom. The van der Waals surface area contributed by atoms with Gasteiger partial charge >= 0.3 is 0 Å². The highest BCUT2D eigenvalue weighted by atomic mass is 32.1. The molecule has 1 aliphatic rings. The van der Waals surface area contributed by atoms with Crippen LogP contribution < -0.4 is 5.32 Å². The molecule has 1 aliphatic carbocycles. The highest BCUT2D eigenvalue weighted by molar-refractivity contribution is 7.10. The lowest BCUT2D eigenvalue weighted by Crippen LogP contribution is -2.40. The Kier molecular flexibility index (Phi) is 4.85. The third-order valence-corrected chi connectivity index (χ3v) is 4.97. The Morgan fingerprint density at radius 2 is 2.00 bits per heavy atom. The maximum Gasteiger partial charge on any atom is 0.00966 e. The van der Waals surface area contributed by atoms with Gasteiger partial charge in [0.15, 0.2) is 0 Å². The number of hydrogen-bond donors (Lipinski definition) is 1. The molecule has 0 saturated heterocycles. The SMILES string of the molecule is CC(C)(C)NCC1CCCCCC1c1cccs1. The van der Waals surface area contributed by atoms with Crippen LogP contribution in [0.2, 0.25) is 0 Å². The molecular weight excluding hydrogens is 238 g/mol. The van der Waals surface area contributed by atoms with E-state index in [4.69, 9.17) is 0 Å². The second-order valence-corrected chi connectivity index (χ2v) is 7.63. The molecule has 1 fully saturated rings. The van der Waals surface area contributed by atoms with E-state index in [1.165, 1.54) is 38.6 Å². The fraction of sp³-hybridized carbons (Fsp3) is 0.750. The van der Waals surface area contributed by atoms with E-state index in [2.05, 4.69) is 43.6 Å². The van der Waals surface area contributed by atoms with Gasteiger partial charge in [0, 0.05) is 10.4 Å². The lowest BCUT2D eigenvalue weighted by atomic mass is 9.86. The molecule has 0 radical (unpaired) electrons. The Labute approximate surface area is 116 Å². The van der Waals surface area contributed by atoms with Crippen LogP contribution in [-0.4, -0.2) is 12.1 Å². The first-order valence-electron chi connectivity index (χ1n) is 7.35. The second kappa shape index (κ2) is 6.21. The summed E-state index contributed by atoms with van der Waals surface area (Å²) < 4.78 is 0. The van der Waals surface area contributed by atoms with Crippen molar-refractivity contribution in [2.45, 2.75) is 64.3 Å². The molecule has 102 valence electrons. The molecule has 1 N–H and O–H groups in total. The molecule has 1 aromatic rings. The third-order valence-electron chi connectivity index (χ3n) is 3.96. The maximum atomic E-state index is 3.72. The molecule has 18 heavy (non-hydrogen) atoms. The van der Waals surface area contributed by atoms with Gasteiger partial charge in [0.25, 0.3) is 0 Å². The van der Waals surface area contributed by atoms with Gasteiger partial charge in [-0.2, -0.15) is 0 Å². The smallest absolute Gasteiger partial charge is 0.00966 e. The van der Waals surface area contributed by atoms with E-state index in [9.17, 15) is 0 Å². The van der Waals surface area contributed by atoms with Crippen molar-refractivity contribution in [1.82, 2.24) is 5.32 Å². The lowest BCUT2D eigenvalue weighted by Gasteiger charge is -2.29. The van der Waals surface area contributed by atoms with Crippen molar-refractivity contribution in [3.8, 4) is 0 Å². The van der Waals surface area contributed by atoms with Crippen molar-refractivity contribution in [3.63, 3.8) is 0 Å². The summed E-state index contributed by atoms with van der Waals surface area (Å²) in [5.74, 6) is 1.62. The van der Waals surface area contributed by atoms with Crippen molar-refractivity contribution in [2.75, 3.05) is 6.54 Å². The van der Waals surface area contributed by atoms with Gasteiger partial charge < -0.3 is 5.32 Å². The molecule has 0 aliphatic heterocycles. The zero-order valence-corrected chi connectivity index (χ0v) is 12.9. The zero-order chi connectivity index (χ0) is 13.0. The number of nitrogens with one attached hydrogen (secondary N) is 1. The normalized spacial score (nSPS) is 25.9. The fourth-order valence-electron chi connectivity index (χ4n) is 2.94. The van der Waals surface area contributed by atoms with E-state index in [0.29, 0.717) is 0 Å². The topological polar surface area (TPSA) is 12.0 Å². The minimum absolute atomic E-state index is 0.242. The van der Waals surface area contributed by atoms with Gasteiger partial charge in [-0.05, 0) is 63.4 Å². The molecule has 1 nitrogen and oxygen atoms in total. The van der Waals surface area contributed by atoms with Gasteiger partial charge in [0.2, 0.25) is 0 Å². The summed E-state index contributed by atoms with van der Waals surface area (Å²) in [6, 6.07) is 4.55. The summed E-state index contributed by atoms with van der Waals surface area (Å²) in [7, 11) is 0. The largest absolute Gasteiger partial charge is 0.312 e. The van der Waals surface area contributed by atoms with E-state index in [-0.39, 0.29) is 5.54 Å². The van der Waals surface area contributed by atoms with Gasteiger partial charge in [-0.25, -0.2) is 0 Å². The van der Waals surface area contributed by atoms with Crippen LogP contribution in [0, 0.1) is 5.92 Å². The van der Waals surface area contributed by atoms with Crippen molar-refractivity contribution in [2.24, 2.45) is 5.92 Å². The van der Waals surface area contributed by atoms with E-state index in [1.807, 2.05) is 11.3 Å². The molecule has 2 heteroatoms. The van der Waals surface area contributed by atoms with Gasteiger partial charge in [-0.1, -0.05) is 25.3 Å². The van der Waals surface area contributed by atoms with Crippen molar-refractivity contribution in [3.05, 3.63) is 22.4 Å². The van der Waals surface area contributed by atoms with Crippen molar-refractivity contribution < 1.29 is 0 Å². The molecule has 0 bridgehead atoms. The first kappa shape index (κ1) is 14.1. The van der Waals surface area contributed by atoms with Gasteiger partial charge in [-0.15, -0.1) is 11.3 Å². The van der Waals surface area contributed by atoms with Crippen molar-refractivity contribution in [1.29, 1.82) is 0 Å². The first-order chi connectivity index (χ1) is 8.56. The highest BCUT2D eigenvalue weighted by Crippen LogP contribution is 2.38. The molecule has 2 unspecified atom stereocenters. The molecule has 2 atom stereocenters. The quantitative estimate of drug-likeness (QED) is 0.774. The van der Waals surface area contributed by atoms with E-state index < -0.39 is 0 Å². The summed E-state index contributed by atoms with van der Waals surface area (Å²) in [6.45, 7) is 7.98. The molecule has 1 saturated carbocycles. The number of thiophene rings is 1. The summed E-state index contributed by atoms with van der Waals surface area (Å²) in [5, 5.41) is 5.95. The van der Waals surface area contributed by atoms with Crippen LogP contribution in [0.3, 0.4) is 0 Å². The Morgan fingerprint density at radius 3 is 2.67 bits per heavy atom. The van der Waals surface area contributed by atoms with Crippen LogP contribution in [-0.2, 0) is 0 Å². The maximum absolute atomic E-state index is 3.72. The molecule has 0 spiro atoms. The van der Waals surface area contributed by atoms with Gasteiger partial charge in [-0.3, -0.25) is 0 Å². The predicted molar refractivity (Wildman–Crippen MR) is 81.4 cm³/mol. The third kappa shape index (κ3) is 4.10. The van der Waals surface area contributed by atoms with Crippen LogP contribution in [0.5, 0.6) is 0 Å². The highest BCUT2D eigenvalue weighted by Gasteiger charge is 2.26. The minimum atomic E-state index is 0.242. The average Bonchev–Trinajstić information content (AvgIpc) is 2.71. The van der Waals surface area contributed by atoms with Crippen LogP contribution in [0.4, 0.5) is 0 Å². The molecule has 2 rings (SSSR count). The zero-order valence-electron chi connectivity index (χ0n) is 12.0. The number of rotatable bonds is 3. The van der Waals surface area contributed by atoms with Crippen molar-refractivity contribution >= 4 is 11.3 Å². The standard InChI is InChI=1S/C16H27NS/c1-16(2,3)17-12-13-8-5-4-6-9-14(13)15-10-7-11-18-15/h7,10-11,13-14,17H,4-6,8-9,12H2,1-3H3. The first-order valence-corrected chi connectivity index (χ1v) is 8.23.